The van der Waals surface area contributed by atoms with Crippen LogP contribution in [0, 0.1) is 13.8 Å². The Morgan fingerprint density at radius 3 is 2.15 bits per heavy atom. The molecule has 0 bridgehead atoms. The van der Waals surface area contributed by atoms with Crippen molar-refractivity contribution in [2.24, 2.45) is 0 Å². The van der Waals surface area contributed by atoms with Gasteiger partial charge in [-0.15, -0.1) is 0 Å². The van der Waals surface area contributed by atoms with Gasteiger partial charge in [-0.3, -0.25) is 4.79 Å². The number of carbonyl (C=O) groups excluding carboxylic acids is 1. The van der Waals surface area contributed by atoms with E-state index in [1.807, 2.05) is 19.9 Å². The van der Waals surface area contributed by atoms with E-state index < -0.39 is 0 Å². The molecule has 0 spiro atoms. The molecule has 3 nitrogen and oxygen atoms in total. The first-order chi connectivity index (χ1) is 12.3. The molecule has 0 aliphatic rings. The van der Waals surface area contributed by atoms with Crippen molar-refractivity contribution >= 4 is 17.7 Å². The van der Waals surface area contributed by atoms with Crippen molar-refractivity contribution in [2.75, 3.05) is 5.32 Å². The van der Waals surface area contributed by atoms with Crippen LogP contribution in [-0.4, -0.2) is 18.0 Å². The number of nitrogens with one attached hydrogen (secondary N) is 2. The van der Waals surface area contributed by atoms with Crippen molar-refractivity contribution in [1.82, 2.24) is 5.32 Å². The van der Waals surface area contributed by atoms with E-state index >= 15 is 0 Å². The highest BCUT2D eigenvalue weighted by molar-refractivity contribution is 5.92. The molecular formula is C23H30N2O. The Kier molecular flexibility index (Phi) is 6.62. The molecule has 0 aromatic heterocycles. The lowest BCUT2D eigenvalue weighted by Crippen LogP contribution is -2.28. The summed E-state index contributed by atoms with van der Waals surface area (Å²) in [5.74, 6) is -0.0608. The van der Waals surface area contributed by atoms with Crippen LogP contribution in [0.3, 0.4) is 0 Å². The van der Waals surface area contributed by atoms with Gasteiger partial charge in [-0.1, -0.05) is 24.3 Å². The predicted octanol–water partition coefficient (Wildman–Crippen LogP) is 5.33. The van der Waals surface area contributed by atoms with Crippen molar-refractivity contribution < 1.29 is 4.79 Å². The van der Waals surface area contributed by atoms with Gasteiger partial charge in [0.15, 0.2) is 0 Å². The van der Waals surface area contributed by atoms with Crippen LogP contribution in [0.5, 0.6) is 0 Å². The maximum absolute atomic E-state index is 11.8. The minimum atomic E-state index is -0.0608. The predicted molar refractivity (Wildman–Crippen MR) is 112 cm³/mol. The zero-order chi connectivity index (χ0) is 19.3. The fourth-order valence-electron chi connectivity index (χ4n) is 2.91. The minimum absolute atomic E-state index is 0.0608. The van der Waals surface area contributed by atoms with Crippen molar-refractivity contribution in [3.63, 3.8) is 0 Å². The molecule has 0 unspecified atom stereocenters. The summed E-state index contributed by atoms with van der Waals surface area (Å²) in [7, 11) is 0. The molecule has 0 radical (unpaired) electrons. The van der Waals surface area contributed by atoms with Gasteiger partial charge in [0, 0.05) is 23.8 Å². The van der Waals surface area contributed by atoms with Gasteiger partial charge >= 0.3 is 0 Å². The third kappa shape index (κ3) is 5.48. The molecule has 0 aliphatic carbocycles. The number of benzene rings is 2. The van der Waals surface area contributed by atoms with Gasteiger partial charge in [0.25, 0.3) is 0 Å². The standard InChI is InChI=1S/C23H30N2O/c1-15(2)24-21-10-7-19(8-11-21)22-14-17(5)20(13-18(22)6)9-12-23(26)25-16(3)4/h7-16,24H,1-6H3,(H,25,26). The topological polar surface area (TPSA) is 41.1 Å². The van der Waals surface area contributed by atoms with E-state index in [9.17, 15) is 4.79 Å². The van der Waals surface area contributed by atoms with Gasteiger partial charge in [0.05, 0.1) is 0 Å². The monoisotopic (exact) mass is 350 g/mol. The van der Waals surface area contributed by atoms with Crippen LogP contribution < -0.4 is 10.6 Å². The lowest BCUT2D eigenvalue weighted by atomic mass is 9.94. The van der Waals surface area contributed by atoms with Gasteiger partial charge < -0.3 is 10.6 Å². The van der Waals surface area contributed by atoms with E-state index in [1.165, 1.54) is 16.7 Å². The Labute approximate surface area is 157 Å². The maximum atomic E-state index is 11.8. The summed E-state index contributed by atoms with van der Waals surface area (Å²) in [4.78, 5) is 11.8. The molecule has 0 saturated carbocycles. The molecule has 26 heavy (non-hydrogen) atoms. The third-order valence-electron chi connectivity index (χ3n) is 4.11. The number of amides is 1. The summed E-state index contributed by atoms with van der Waals surface area (Å²) >= 11 is 0. The van der Waals surface area contributed by atoms with Crippen molar-refractivity contribution in [1.29, 1.82) is 0 Å². The number of carbonyl (C=O) groups is 1. The quantitative estimate of drug-likeness (QED) is 0.692. The number of rotatable bonds is 6. The average Bonchev–Trinajstić information content (AvgIpc) is 2.55. The van der Waals surface area contributed by atoms with E-state index in [1.54, 1.807) is 6.08 Å². The molecule has 2 aromatic rings. The third-order valence-corrected chi connectivity index (χ3v) is 4.11. The van der Waals surface area contributed by atoms with Crippen molar-refractivity contribution in [3.05, 3.63) is 59.2 Å². The van der Waals surface area contributed by atoms with E-state index in [2.05, 4.69) is 74.7 Å². The minimum Gasteiger partial charge on any atom is -0.383 e. The lowest BCUT2D eigenvalue weighted by molar-refractivity contribution is -0.116. The first-order valence-corrected chi connectivity index (χ1v) is 9.23. The highest BCUT2D eigenvalue weighted by Crippen LogP contribution is 2.28. The normalized spacial score (nSPS) is 11.4. The maximum Gasteiger partial charge on any atom is 0.244 e. The van der Waals surface area contributed by atoms with E-state index in [-0.39, 0.29) is 11.9 Å². The highest BCUT2D eigenvalue weighted by atomic mass is 16.1. The van der Waals surface area contributed by atoms with Crippen molar-refractivity contribution in [2.45, 2.75) is 53.6 Å². The summed E-state index contributed by atoms with van der Waals surface area (Å²) in [6, 6.07) is 13.4. The molecule has 2 aromatic carbocycles. The summed E-state index contributed by atoms with van der Waals surface area (Å²) in [5, 5.41) is 6.28. The second kappa shape index (κ2) is 8.70. The van der Waals surface area contributed by atoms with E-state index in [4.69, 9.17) is 0 Å². The Balaban J connectivity index is 2.23. The molecule has 0 aliphatic heterocycles. The van der Waals surface area contributed by atoms with Gasteiger partial charge in [0.1, 0.15) is 0 Å². The van der Waals surface area contributed by atoms with Crippen LogP contribution in [0.25, 0.3) is 17.2 Å². The summed E-state index contributed by atoms with van der Waals surface area (Å²) in [6.07, 6.45) is 3.49. The summed E-state index contributed by atoms with van der Waals surface area (Å²) < 4.78 is 0. The second-order valence-corrected chi connectivity index (χ2v) is 7.40. The largest absolute Gasteiger partial charge is 0.383 e. The molecule has 1 amide bonds. The molecule has 0 heterocycles. The van der Waals surface area contributed by atoms with E-state index in [0.717, 1.165) is 16.8 Å². The number of anilines is 1. The van der Waals surface area contributed by atoms with E-state index in [0.29, 0.717) is 6.04 Å². The van der Waals surface area contributed by atoms with Gasteiger partial charge in [-0.2, -0.15) is 0 Å². The molecule has 2 rings (SSSR count). The molecule has 0 fully saturated rings. The Morgan fingerprint density at radius 2 is 1.58 bits per heavy atom. The number of hydrogen-bond acceptors (Lipinski definition) is 2. The Bertz CT molecular complexity index is 787. The second-order valence-electron chi connectivity index (χ2n) is 7.40. The zero-order valence-electron chi connectivity index (χ0n) is 16.7. The lowest BCUT2D eigenvalue weighted by Gasteiger charge is -2.13. The van der Waals surface area contributed by atoms with Gasteiger partial charge in [-0.25, -0.2) is 0 Å². The Hall–Kier alpha value is -2.55. The van der Waals surface area contributed by atoms with Crippen LogP contribution in [0.2, 0.25) is 0 Å². The molecule has 0 atom stereocenters. The van der Waals surface area contributed by atoms with Crippen LogP contribution in [-0.2, 0) is 4.79 Å². The van der Waals surface area contributed by atoms with Crippen LogP contribution in [0.1, 0.15) is 44.4 Å². The van der Waals surface area contributed by atoms with Crippen molar-refractivity contribution in [3.8, 4) is 11.1 Å². The summed E-state index contributed by atoms with van der Waals surface area (Å²) in [6.45, 7) is 12.4. The zero-order valence-corrected chi connectivity index (χ0v) is 16.7. The molecule has 3 heteroatoms. The SMILES string of the molecule is Cc1cc(-c2ccc(NC(C)C)cc2)c(C)cc1C=CC(=O)NC(C)C. The first-order valence-electron chi connectivity index (χ1n) is 9.23. The number of aryl methyl sites for hydroxylation is 2. The first kappa shape index (κ1) is 19.8. The van der Waals surface area contributed by atoms with Crippen LogP contribution in [0.15, 0.2) is 42.5 Å². The van der Waals surface area contributed by atoms with Gasteiger partial charge in [0.2, 0.25) is 5.91 Å². The van der Waals surface area contributed by atoms with Crippen LogP contribution >= 0.6 is 0 Å². The summed E-state index contributed by atoms with van der Waals surface area (Å²) in [5.41, 5.74) is 6.99. The molecule has 0 saturated heterocycles. The molecule has 2 N–H and O–H groups in total. The Morgan fingerprint density at radius 1 is 0.923 bits per heavy atom. The fraction of sp³-hybridized carbons (Fsp3) is 0.348. The van der Waals surface area contributed by atoms with Crippen LogP contribution in [0.4, 0.5) is 5.69 Å². The fourth-order valence-corrected chi connectivity index (χ4v) is 2.91. The number of hydrogen-bond donors (Lipinski definition) is 2. The molecular weight excluding hydrogens is 320 g/mol. The smallest absolute Gasteiger partial charge is 0.244 e. The average molecular weight is 351 g/mol. The van der Waals surface area contributed by atoms with Gasteiger partial charge in [-0.05, 0) is 87.6 Å². The molecule has 138 valence electrons. The highest BCUT2D eigenvalue weighted by Gasteiger charge is 2.07.